The summed E-state index contributed by atoms with van der Waals surface area (Å²) >= 11 is 0. The number of carbonyl (C=O) groups is 1. The van der Waals surface area contributed by atoms with Crippen LogP contribution in [0, 0.1) is 5.92 Å². The Morgan fingerprint density at radius 3 is 2.30 bits per heavy atom. The molecule has 1 aromatic carbocycles. The number of carbonyl (C=O) groups excluding carboxylic acids is 1. The van der Waals surface area contributed by atoms with Gasteiger partial charge in [0.1, 0.15) is 0 Å². The van der Waals surface area contributed by atoms with E-state index in [-0.39, 0.29) is 11.9 Å². The van der Waals surface area contributed by atoms with E-state index in [0.29, 0.717) is 12.3 Å². The molecule has 0 saturated heterocycles. The van der Waals surface area contributed by atoms with E-state index >= 15 is 0 Å². The molecule has 1 aromatic heterocycles. The Morgan fingerprint density at radius 2 is 1.70 bits per heavy atom. The smallest absolute Gasteiger partial charge is 0.227 e. The van der Waals surface area contributed by atoms with Crippen molar-refractivity contribution in [1.29, 1.82) is 0 Å². The van der Waals surface area contributed by atoms with E-state index in [2.05, 4.69) is 31.0 Å². The van der Waals surface area contributed by atoms with E-state index in [1.54, 1.807) is 12.4 Å². The molecule has 0 N–H and O–H groups in total. The number of pyridine rings is 1. The van der Waals surface area contributed by atoms with Gasteiger partial charge in [-0.15, -0.1) is 0 Å². The maximum absolute atomic E-state index is 12.7. The molecule has 2 aromatic rings. The van der Waals surface area contributed by atoms with Crippen LogP contribution in [-0.2, 0) is 11.2 Å². The summed E-state index contributed by atoms with van der Waals surface area (Å²) in [7, 11) is 1.92. The van der Waals surface area contributed by atoms with Gasteiger partial charge >= 0.3 is 0 Å². The molecule has 0 saturated carbocycles. The molecule has 0 aliphatic rings. The lowest BCUT2D eigenvalue weighted by atomic mass is 9.96. The van der Waals surface area contributed by atoms with Crippen LogP contribution in [0.4, 0.5) is 0 Å². The second kappa shape index (κ2) is 8.47. The number of nitrogens with zero attached hydrogens (tertiary/aromatic N) is 2. The highest BCUT2D eigenvalue weighted by atomic mass is 16.2. The molecule has 0 unspecified atom stereocenters. The van der Waals surface area contributed by atoms with Gasteiger partial charge in [0, 0.05) is 19.4 Å². The molecule has 1 amide bonds. The van der Waals surface area contributed by atoms with Gasteiger partial charge in [-0.25, -0.2) is 0 Å². The molecule has 23 heavy (non-hydrogen) atoms. The van der Waals surface area contributed by atoms with Crippen molar-refractivity contribution in [2.75, 3.05) is 7.05 Å². The monoisotopic (exact) mass is 310 g/mol. The first-order valence-corrected chi connectivity index (χ1v) is 8.27. The molecule has 0 aliphatic heterocycles. The number of amides is 1. The fourth-order valence-electron chi connectivity index (χ4n) is 2.72. The minimum Gasteiger partial charge on any atom is -0.338 e. The molecule has 3 heteroatoms. The largest absolute Gasteiger partial charge is 0.338 e. The minimum absolute atomic E-state index is 0.132. The van der Waals surface area contributed by atoms with Gasteiger partial charge < -0.3 is 4.90 Å². The van der Waals surface area contributed by atoms with Gasteiger partial charge in [-0.1, -0.05) is 44.2 Å². The highest BCUT2D eigenvalue weighted by Gasteiger charge is 2.21. The third-order valence-corrected chi connectivity index (χ3v) is 4.17. The minimum atomic E-state index is 0.132. The third-order valence-electron chi connectivity index (χ3n) is 4.17. The normalized spacial score (nSPS) is 12.2. The molecule has 0 aliphatic carbocycles. The van der Waals surface area contributed by atoms with Gasteiger partial charge in [0.05, 0.1) is 12.5 Å². The zero-order valence-electron chi connectivity index (χ0n) is 14.3. The predicted molar refractivity (Wildman–Crippen MR) is 94.0 cm³/mol. The average molecular weight is 310 g/mol. The molecule has 0 bridgehead atoms. The predicted octanol–water partition coefficient (Wildman–Crippen LogP) is 4.26. The summed E-state index contributed by atoms with van der Waals surface area (Å²) in [6.45, 7) is 4.45. The van der Waals surface area contributed by atoms with Gasteiger partial charge in [0.15, 0.2) is 0 Å². The van der Waals surface area contributed by atoms with Crippen molar-refractivity contribution < 1.29 is 4.79 Å². The Balaban J connectivity index is 2.12. The van der Waals surface area contributed by atoms with Gasteiger partial charge in [0.2, 0.25) is 5.91 Å². The highest BCUT2D eigenvalue weighted by molar-refractivity contribution is 5.79. The van der Waals surface area contributed by atoms with Crippen LogP contribution < -0.4 is 0 Å². The van der Waals surface area contributed by atoms with Gasteiger partial charge in [0.25, 0.3) is 0 Å². The first-order valence-electron chi connectivity index (χ1n) is 8.27. The van der Waals surface area contributed by atoms with Crippen LogP contribution in [0.15, 0.2) is 54.9 Å². The summed E-state index contributed by atoms with van der Waals surface area (Å²) in [6.07, 6.45) is 5.98. The molecule has 2 rings (SSSR count). The summed E-state index contributed by atoms with van der Waals surface area (Å²) in [5, 5.41) is 0. The van der Waals surface area contributed by atoms with Crippen LogP contribution in [0.2, 0.25) is 0 Å². The number of rotatable bonds is 7. The summed E-state index contributed by atoms with van der Waals surface area (Å²) in [5.41, 5.74) is 2.21. The first kappa shape index (κ1) is 17.2. The topological polar surface area (TPSA) is 33.2 Å². The highest BCUT2D eigenvalue weighted by Crippen LogP contribution is 2.27. The SMILES string of the molecule is CC(C)CC[C@H](c1ccccc1)N(C)C(=O)Cc1ccncc1. The quantitative estimate of drug-likeness (QED) is 0.765. The lowest BCUT2D eigenvalue weighted by Gasteiger charge is -2.29. The summed E-state index contributed by atoms with van der Waals surface area (Å²) in [5.74, 6) is 0.777. The first-order chi connectivity index (χ1) is 11.1. The fraction of sp³-hybridized carbons (Fsp3) is 0.400. The lowest BCUT2D eigenvalue weighted by molar-refractivity contribution is -0.131. The van der Waals surface area contributed by atoms with Crippen LogP contribution in [0.1, 0.15) is 43.9 Å². The number of likely N-dealkylation sites (N-methyl/N-ethyl adjacent to an activating group) is 1. The number of benzene rings is 1. The van der Waals surface area contributed by atoms with Crippen molar-refractivity contribution in [3.8, 4) is 0 Å². The number of aromatic nitrogens is 1. The third kappa shape index (κ3) is 5.20. The molecular weight excluding hydrogens is 284 g/mol. The Hall–Kier alpha value is -2.16. The van der Waals surface area contributed by atoms with E-state index in [1.165, 1.54) is 5.56 Å². The summed E-state index contributed by atoms with van der Waals surface area (Å²) in [4.78, 5) is 18.6. The van der Waals surface area contributed by atoms with Crippen molar-refractivity contribution in [1.82, 2.24) is 9.88 Å². The van der Waals surface area contributed by atoms with Crippen LogP contribution in [0.25, 0.3) is 0 Å². The van der Waals surface area contributed by atoms with Gasteiger partial charge in [-0.3, -0.25) is 9.78 Å². The maximum Gasteiger partial charge on any atom is 0.227 e. The molecule has 122 valence electrons. The molecular formula is C20H26N2O. The van der Waals surface area contributed by atoms with E-state index in [9.17, 15) is 4.79 Å². The van der Waals surface area contributed by atoms with Crippen molar-refractivity contribution in [2.45, 2.75) is 39.2 Å². The van der Waals surface area contributed by atoms with Crippen LogP contribution >= 0.6 is 0 Å². The Labute approximate surface area is 139 Å². The van der Waals surface area contributed by atoms with Gasteiger partial charge in [-0.05, 0) is 42.0 Å². The van der Waals surface area contributed by atoms with Crippen LogP contribution in [0.3, 0.4) is 0 Å². The molecule has 0 fully saturated rings. The zero-order valence-corrected chi connectivity index (χ0v) is 14.3. The molecule has 1 atom stereocenters. The zero-order chi connectivity index (χ0) is 16.7. The average Bonchev–Trinajstić information content (AvgIpc) is 2.56. The molecule has 1 heterocycles. The van der Waals surface area contributed by atoms with E-state index in [0.717, 1.165) is 18.4 Å². The lowest BCUT2D eigenvalue weighted by Crippen LogP contribution is -2.32. The molecule has 3 nitrogen and oxygen atoms in total. The second-order valence-electron chi connectivity index (χ2n) is 6.43. The van der Waals surface area contributed by atoms with Crippen LogP contribution in [0.5, 0.6) is 0 Å². The van der Waals surface area contributed by atoms with Crippen molar-refractivity contribution >= 4 is 5.91 Å². The standard InChI is InChI=1S/C20H26N2O/c1-16(2)9-10-19(18-7-5-4-6-8-18)22(3)20(23)15-17-11-13-21-14-12-17/h4-8,11-14,16,19H,9-10,15H2,1-3H3/t19-/m1/s1. The molecule has 0 radical (unpaired) electrons. The number of hydrogen-bond acceptors (Lipinski definition) is 2. The van der Waals surface area contributed by atoms with Crippen molar-refractivity contribution in [3.05, 3.63) is 66.0 Å². The number of hydrogen-bond donors (Lipinski definition) is 0. The Bertz CT molecular complexity index is 596. The van der Waals surface area contributed by atoms with Crippen molar-refractivity contribution in [3.63, 3.8) is 0 Å². The van der Waals surface area contributed by atoms with Crippen LogP contribution in [-0.4, -0.2) is 22.8 Å². The van der Waals surface area contributed by atoms with Crippen molar-refractivity contribution in [2.24, 2.45) is 5.92 Å². The van der Waals surface area contributed by atoms with Gasteiger partial charge in [-0.2, -0.15) is 0 Å². The van der Waals surface area contributed by atoms with E-state index in [4.69, 9.17) is 0 Å². The van der Waals surface area contributed by atoms with E-state index < -0.39 is 0 Å². The summed E-state index contributed by atoms with van der Waals surface area (Å²) in [6, 6.07) is 14.3. The van der Waals surface area contributed by atoms with E-state index in [1.807, 2.05) is 42.3 Å². The maximum atomic E-state index is 12.7. The second-order valence-corrected chi connectivity index (χ2v) is 6.43. The fourth-order valence-corrected chi connectivity index (χ4v) is 2.72. The summed E-state index contributed by atoms with van der Waals surface area (Å²) < 4.78 is 0. The Morgan fingerprint density at radius 1 is 1.04 bits per heavy atom. The molecule has 0 spiro atoms. The Kier molecular flexibility index (Phi) is 6.33.